The van der Waals surface area contributed by atoms with Crippen molar-refractivity contribution in [3.63, 3.8) is 0 Å². The Hall–Kier alpha value is -0.320. The van der Waals surface area contributed by atoms with Gasteiger partial charge in [-0.1, -0.05) is 0 Å². The quantitative estimate of drug-likeness (QED) is 0.708. The number of halogens is 1. The molecule has 1 unspecified atom stereocenters. The molecular weight excluding hydrogens is 218 g/mol. The second-order valence-corrected chi connectivity index (χ2v) is 5.06. The van der Waals surface area contributed by atoms with Crippen LogP contribution in [0.4, 0.5) is 0 Å². The van der Waals surface area contributed by atoms with Crippen LogP contribution in [0.15, 0.2) is 0 Å². The number of carbonyl (C=O) groups is 1. The van der Waals surface area contributed by atoms with E-state index in [1.54, 1.807) is 0 Å². The van der Waals surface area contributed by atoms with E-state index in [0.717, 1.165) is 0 Å². The first-order valence-corrected chi connectivity index (χ1v) is 4.80. The van der Waals surface area contributed by atoms with Gasteiger partial charge in [0.15, 0.2) is 0 Å². The van der Waals surface area contributed by atoms with E-state index in [1.807, 2.05) is 27.7 Å². The normalized spacial score (nSPS) is 28.3. The van der Waals surface area contributed by atoms with Gasteiger partial charge in [0.05, 0.1) is 18.6 Å². The number of hydrogen-bond donors (Lipinski definition) is 1. The number of rotatable bonds is 1. The molecular formula is C10H20ClNO3. The lowest BCUT2D eigenvalue weighted by atomic mass is 9.87. The summed E-state index contributed by atoms with van der Waals surface area (Å²) in [5.74, 6) is -0.521. The van der Waals surface area contributed by atoms with Crippen LogP contribution in [0.25, 0.3) is 0 Å². The van der Waals surface area contributed by atoms with Crippen LogP contribution in [0.3, 0.4) is 0 Å². The molecule has 1 heterocycles. The summed E-state index contributed by atoms with van der Waals surface area (Å²) in [5.41, 5.74) is -0.932. The summed E-state index contributed by atoms with van der Waals surface area (Å²) in [6.07, 6.45) is 0.614. The summed E-state index contributed by atoms with van der Waals surface area (Å²) >= 11 is 0. The second kappa shape index (κ2) is 4.28. The maximum atomic E-state index is 11.5. The molecule has 4 nitrogen and oxygen atoms in total. The lowest BCUT2D eigenvalue weighted by Gasteiger charge is -2.35. The second-order valence-electron chi connectivity index (χ2n) is 5.06. The van der Waals surface area contributed by atoms with Gasteiger partial charge in [0, 0.05) is 5.54 Å². The van der Waals surface area contributed by atoms with E-state index in [-0.39, 0.29) is 29.8 Å². The van der Waals surface area contributed by atoms with Crippen LogP contribution in [0.5, 0.6) is 0 Å². The maximum absolute atomic E-state index is 11.5. The van der Waals surface area contributed by atoms with Gasteiger partial charge >= 0.3 is 5.97 Å². The van der Waals surface area contributed by atoms with E-state index in [1.165, 1.54) is 12.2 Å². The van der Waals surface area contributed by atoms with E-state index in [4.69, 9.17) is 4.74 Å². The first-order chi connectivity index (χ1) is 6.23. The molecule has 0 aromatic rings. The summed E-state index contributed by atoms with van der Waals surface area (Å²) in [5, 5.41) is 11.2. The number of carbonyl (C=O) groups excluding carboxylic acids is 1. The number of hydroxylamine groups is 2. The van der Waals surface area contributed by atoms with Crippen molar-refractivity contribution in [2.24, 2.45) is 5.92 Å². The van der Waals surface area contributed by atoms with Crippen molar-refractivity contribution in [1.82, 2.24) is 5.06 Å². The predicted molar refractivity (Wildman–Crippen MR) is 59.2 cm³/mol. The molecule has 5 heteroatoms. The van der Waals surface area contributed by atoms with E-state index >= 15 is 0 Å². The predicted octanol–water partition coefficient (Wildman–Crippen LogP) is 1.85. The van der Waals surface area contributed by atoms with Gasteiger partial charge in [0.2, 0.25) is 0 Å². The van der Waals surface area contributed by atoms with Crippen molar-refractivity contribution >= 4 is 18.4 Å². The van der Waals surface area contributed by atoms with Crippen LogP contribution in [0, 0.1) is 5.92 Å². The van der Waals surface area contributed by atoms with Gasteiger partial charge in [-0.3, -0.25) is 4.79 Å². The van der Waals surface area contributed by atoms with Crippen LogP contribution in [0.1, 0.15) is 34.1 Å². The molecule has 1 atom stereocenters. The van der Waals surface area contributed by atoms with Crippen LogP contribution in [-0.2, 0) is 9.53 Å². The van der Waals surface area contributed by atoms with Gasteiger partial charge in [-0.2, -0.15) is 5.06 Å². The zero-order valence-corrected chi connectivity index (χ0v) is 10.7. The third kappa shape index (κ3) is 2.27. The monoisotopic (exact) mass is 237 g/mol. The first kappa shape index (κ1) is 14.7. The molecule has 1 aliphatic heterocycles. The molecule has 0 amide bonds. The van der Waals surface area contributed by atoms with Crippen molar-refractivity contribution in [3.8, 4) is 0 Å². The SMILES string of the molecule is COC(=O)C1CC(C)(C)N(O)C1(C)C.Cl. The first-order valence-electron chi connectivity index (χ1n) is 4.80. The average Bonchev–Trinajstić information content (AvgIpc) is 2.25. The third-order valence-corrected chi connectivity index (χ3v) is 3.16. The fraction of sp³-hybridized carbons (Fsp3) is 0.900. The Balaban J connectivity index is 0.00000196. The smallest absolute Gasteiger partial charge is 0.310 e. The van der Waals surface area contributed by atoms with Crippen molar-refractivity contribution in [1.29, 1.82) is 0 Å². The fourth-order valence-electron chi connectivity index (χ4n) is 2.28. The minimum atomic E-state index is -0.559. The molecule has 1 fully saturated rings. The third-order valence-electron chi connectivity index (χ3n) is 3.16. The number of ether oxygens (including phenoxy) is 1. The van der Waals surface area contributed by atoms with Crippen LogP contribution in [0.2, 0.25) is 0 Å². The lowest BCUT2D eigenvalue weighted by molar-refractivity contribution is -0.199. The molecule has 90 valence electrons. The molecule has 1 N–H and O–H groups in total. The minimum absolute atomic E-state index is 0. The Morgan fingerprint density at radius 3 is 2.13 bits per heavy atom. The van der Waals surface area contributed by atoms with Gasteiger partial charge in [-0.25, -0.2) is 0 Å². The topological polar surface area (TPSA) is 49.8 Å². The summed E-state index contributed by atoms with van der Waals surface area (Å²) in [4.78, 5) is 11.5. The van der Waals surface area contributed by atoms with E-state index in [0.29, 0.717) is 6.42 Å². The van der Waals surface area contributed by atoms with Crippen molar-refractivity contribution < 1.29 is 14.7 Å². The number of methoxy groups -OCH3 is 1. The molecule has 0 saturated carbocycles. The summed E-state index contributed by atoms with van der Waals surface area (Å²) < 4.78 is 4.73. The highest BCUT2D eigenvalue weighted by Gasteiger charge is 2.54. The zero-order chi connectivity index (χ0) is 11.1. The molecule has 0 aromatic carbocycles. The number of nitrogens with zero attached hydrogens (tertiary/aromatic N) is 1. The van der Waals surface area contributed by atoms with Crippen LogP contribution >= 0.6 is 12.4 Å². The highest BCUT2D eigenvalue weighted by molar-refractivity contribution is 5.85. The van der Waals surface area contributed by atoms with E-state index in [9.17, 15) is 10.0 Å². The highest BCUT2D eigenvalue weighted by atomic mass is 35.5. The fourth-order valence-corrected chi connectivity index (χ4v) is 2.28. The van der Waals surface area contributed by atoms with Crippen molar-refractivity contribution in [2.75, 3.05) is 7.11 Å². The summed E-state index contributed by atoms with van der Waals surface area (Å²) in [6, 6.07) is 0. The zero-order valence-electron chi connectivity index (χ0n) is 9.90. The molecule has 0 radical (unpaired) electrons. The maximum Gasteiger partial charge on any atom is 0.310 e. The van der Waals surface area contributed by atoms with E-state index < -0.39 is 5.54 Å². The lowest BCUT2D eigenvalue weighted by Crippen LogP contribution is -2.48. The molecule has 1 saturated heterocycles. The standard InChI is InChI=1S/C10H19NO3.ClH/c1-9(2)6-7(8(12)14-5)10(3,4)11(9)13;/h7,13H,6H2,1-5H3;1H. The molecule has 1 rings (SSSR count). The van der Waals surface area contributed by atoms with Crippen molar-refractivity contribution in [2.45, 2.75) is 45.2 Å². The van der Waals surface area contributed by atoms with Crippen molar-refractivity contribution in [3.05, 3.63) is 0 Å². The van der Waals surface area contributed by atoms with Gasteiger partial charge in [0.25, 0.3) is 0 Å². The Morgan fingerprint density at radius 2 is 1.87 bits per heavy atom. The molecule has 0 aliphatic carbocycles. The van der Waals surface area contributed by atoms with Crippen LogP contribution in [-0.4, -0.2) is 34.4 Å². The molecule has 0 aromatic heterocycles. The van der Waals surface area contributed by atoms with Gasteiger partial charge in [0.1, 0.15) is 0 Å². The summed E-state index contributed by atoms with van der Waals surface area (Å²) in [7, 11) is 1.38. The largest absolute Gasteiger partial charge is 0.469 e. The van der Waals surface area contributed by atoms with Crippen LogP contribution < -0.4 is 0 Å². The highest BCUT2D eigenvalue weighted by Crippen LogP contribution is 2.43. The van der Waals surface area contributed by atoms with E-state index in [2.05, 4.69) is 0 Å². The molecule has 1 aliphatic rings. The minimum Gasteiger partial charge on any atom is -0.469 e. The number of esters is 1. The molecule has 0 bridgehead atoms. The Kier molecular flexibility index (Phi) is 4.18. The Morgan fingerprint density at radius 1 is 1.40 bits per heavy atom. The van der Waals surface area contributed by atoms with Gasteiger partial charge < -0.3 is 9.94 Å². The molecule has 0 spiro atoms. The number of hydrogen-bond acceptors (Lipinski definition) is 4. The Bertz CT molecular complexity index is 253. The Labute approximate surface area is 97.0 Å². The molecule has 15 heavy (non-hydrogen) atoms. The average molecular weight is 238 g/mol. The van der Waals surface area contributed by atoms with Gasteiger partial charge in [-0.05, 0) is 34.1 Å². The van der Waals surface area contributed by atoms with Gasteiger partial charge in [-0.15, -0.1) is 12.4 Å². The summed E-state index contributed by atoms with van der Waals surface area (Å²) in [6.45, 7) is 7.53.